The van der Waals surface area contributed by atoms with E-state index in [-0.39, 0.29) is 29.1 Å². The Balaban J connectivity index is 1.43. The number of hydrogen-bond acceptors (Lipinski definition) is 7. The third-order valence-electron chi connectivity index (χ3n) is 9.02. The third-order valence-corrected chi connectivity index (χ3v) is 10.2. The zero-order chi connectivity index (χ0) is 36.9. The van der Waals surface area contributed by atoms with E-state index >= 15 is 0 Å². The number of halogens is 1. The lowest BCUT2D eigenvalue weighted by atomic mass is 9.95. The van der Waals surface area contributed by atoms with Crippen molar-refractivity contribution in [2.75, 3.05) is 17.6 Å². The minimum Gasteiger partial charge on any atom is -0.389 e. The molecule has 1 saturated heterocycles. The number of nitrogens with zero attached hydrogens (tertiary/aromatic N) is 2. The summed E-state index contributed by atoms with van der Waals surface area (Å²) >= 11 is 0. The number of hydrogen-bond donors (Lipinski definition) is 4. The van der Waals surface area contributed by atoms with Crippen LogP contribution in [0.1, 0.15) is 57.3 Å². The van der Waals surface area contributed by atoms with Gasteiger partial charge in [-0.15, -0.1) is 0 Å². The summed E-state index contributed by atoms with van der Waals surface area (Å²) < 4.78 is 39.5. The van der Waals surface area contributed by atoms with Gasteiger partial charge in [0, 0.05) is 24.7 Å². The van der Waals surface area contributed by atoms with Crippen LogP contribution in [-0.2, 0) is 27.8 Å². The molecule has 268 valence electrons. The highest BCUT2D eigenvalue weighted by Gasteiger charge is 2.43. The van der Waals surface area contributed by atoms with E-state index in [1.165, 1.54) is 49.5 Å². The van der Waals surface area contributed by atoms with Gasteiger partial charge in [0.15, 0.2) is 0 Å². The highest BCUT2D eigenvalue weighted by Crippen LogP contribution is 2.24. The Morgan fingerprint density at radius 2 is 1.45 bits per heavy atom. The second-order valence-corrected chi connectivity index (χ2v) is 14.8. The number of sulfonamides is 1. The molecule has 5 rings (SSSR count). The van der Waals surface area contributed by atoms with Crippen LogP contribution in [0.5, 0.6) is 0 Å². The van der Waals surface area contributed by atoms with Crippen LogP contribution in [0.15, 0.2) is 103 Å². The maximum Gasteiger partial charge on any atom is 0.251 e. The third kappa shape index (κ3) is 9.17. The summed E-state index contributed by atoms with van der Waals surface area (Å²) in [6.45, 7) is 3.87. The summed E-state index contributed by atoms with van der Waals surface area (Å²) in [4.78, 5) is 42.8. The minimum absolute atomic E-state index is 0.000264. The van der Waals surface area contributed by atoms with E-state index < -0.39 is 58.1 Å². The van der Waals surface area contributed by atoms with Crippen molar-refractivity contribution in [2.45, 2.75) is 57.2 Å². The van der Waals surface area contributed by atoms with Gasteiger partial charge in [-0.05, 0) is 67.3 Å². The summed E-state index contributed by atoms with van der Waals surface area (Å²) in [5, 5.41) is 20.6. The van der Waals surface area contributed by atoms with E-state index in [2.05, 4.69) is 16.0 Å². The van der Waals surface area contributed by atoms with Crippen LogP contribution in [0.2, 0.25) is 0 Å². The largest absolute Gasteiger partial charge is 0.389 e. The molecule has 0 saturated carbocycles. The van der Waals surface area contributed by atoms with Gasteiger partial charge in [0.1, 0.15) is 11.9 Å². The van der Waals surface area contributed by atoms with Gasteiger partial charge in [0.25, 0.3) is 11.8 Å². The number of amides is 3. The van der Waals surface area contributed by atoms with Crippen molar-refractivity contribution in [1.29, 1.82) is 0 Å². The lowest BCUT2D eigenvalue weighted by molar-refractivity contribution is -0.132. The normalized spacial score (nSPS) is 17.8. The van der Waals surface area contributed by atoms with E-state index in [1.807, 2.05) is 67.6 Å². The van der Waals surface area contributed by atoms with Gasteiger partial charge < -0.3 is 20.6 Å². The highest BCUT2D eigenvalue weighted by atomic mass is 32.2. The molecule has 13 heteroatoms. The SMILES string of the molecule is CC1NC(C(O)[C@H](Cc2ccccc2)NC(=O)c2cc(C(=O)N[C@H](C)c3ccc(F)cc3)cc(N(C)S(C)(=O)=O)c2)C(=O)N1Cc1ccccc1. The number of rotatable bonds is 13. The molecule has 51 heavy (non-hydrogen) atoms. The summed E-state index contributed by atoms with van der Waals surface area (Å²) in [5.41, 5.74) is 2.37. The lowest BCUT2D eigenvalue weighted by Gasteiger charge is -2.28. The molecular weight excluding hydrogens is 674 g/mol. The number of anilines is 1. The van der Waals surface area contributed by atoms with Gasteiger partial charge in [-0.25, -0.2) is 12.8 Å². The zero-order valence-electron chi connectivity index (χ0n) is 28.8. The summed E-state index contributed by atoms with van der Waals surface area (Å²) in [5.74, 6) is -2.04. The number of aliphatic hydroxyl groups excluding tert-OH is 1. The molecule has 0 aliphatic carbocycles. The smallest absolute Gasteiger partial charge is 0.251 e. The van der Waals surface area contributed by atoms with Crippen LogP contribution >= 0.6 is 0 Å². The monoisotopic (exact) mass is 715 g/mol. The average Bonchev–Trinajstić information content (AvgIpc) is 3.39. The second kappa shape index (κ2) is 15.8. The van der Waals surface area contributed by atoms with Gasteiger partial charge >= 0.3 is 0 Å². The minimum atomic E-state index is -3.79. The molecule has 1 aliphatic heterocycles. The first kappa shape index (κ1) is 37.2. The van der Waals surface area contributed by atoms with Crippen molar-refractivity contribution in [3.8, 4) is 0 Å². The Labute approximate surface area is 297 Å². The molecule has 0 radical (unpaired) electrons. The summed E-state index contributed by atoms with van der Waals surface area (Å²) in [6, 6.07) is 25.7. The van der Waals surface area contributed by atoms with Gasteiger partial charge in [0.05, 0.1) is 36.3 Å². The zero-order valence-corrected chi connectivity index (χ0v) is 29.6. The molecule has 0 aromatic heterocycles. The van der Waals surface area contributed by atoms with Crippen molar-refractivity contribution < 1.29 is 32.3 Å². The van der Waals surface area contributed by atoms with Crippen LogP contribution in [0, 0.1) is 5.82 Å². The number of carbonyl (C=O) groups is 3. The maximum absolute atomic E-state index is 14.0. The Hall–Kier alpha value is -5.11. The van der Waals surface area contributed by atoms with Crippen molar-refractivity contribution in [3.05, 3.63) is 137 Å². The van der Waals surface area contributed by atoms with Crippen LogP contribution in [-0.4, -0.2) is 73.8 Å². The van der Waals surface area contributed by atoms with E-state index in [0.29, 0.717) is 12.1 Å². The standard InChI is InChI=1S/C38H42FN5O6S/c1-24(28-15-17-31(39)18-16-28)40-36(46)29-20-30(22-32(21-29)43(3)51(4,49)50)37(47)42-33(19-26-11-7-5-8-12-26)35(45)34-38(48)44(25(2)41-34)23-27-13-9-6-10-14-27/h5-18,20-22,24-25,33-35,41,45H,19,23H2,1-4H3,(H,40,46)(H,42,47)/t24-,25?,33+,34?,35?/m1/s1. The quantitative estimate of drug-likeness (QED) is 0.165. The highest BCUT2D eigenvalue weighted by molar-refractivity contribution is 7.92. The van der Waals surface area contributed by atoms with Crippen molar-refractivity contribution in [3.63, 3.8) is 0 Å². The Kier molecular flexibility index (Phi) is 11.5. The molecule has 4 N–H and O–H groups in total. The predicted octanol–water partition coefficient (Wildman–Crippen LogP) is 3.76. The number of nitrogens with one attached hydrogen (secondary N) is 3. The molecule has 1 fully saturated rings. The molecular formula is C38H42FN5O6S. The molecule has 1 aliphatic rings. The first-order chi connectivity index (χ1) is 24.2. The van der Waals surface area contributed by atoms with E-state index in [1.54, 1.807) is 11.8 Å². The van der Waals surface area contributed by atoms with Crippen molar-refractivity contribution >= 4 is 33.4 Å². The number of carbonyl (C=O) groups excluding carboxylic acids is 3. The summed E-state index contributed by atoms with van der Waals surface area (Å²) in [7, 11) is -2.49. The Morgan fingerprint density at radius 3 is 2.02 bits per heavy atom. The van der Waals surface area contributed by atoms with Gasteiger partial charge in [-0.3, -0.25) is 24.0 Å². The molecule has 4 aromatic carbocycles. The molecule has 0 bridgehead atoms. The first-order valence-corrected chi connectivity index (χ1v) is 18.3. The molecule has 0 spiro atoms. The topological polar surface area (TPSA) is 148 Å². The van der Waals surface area contributed by atoms with Gasteiger partial charge in [-0.2, -0.15) is 0 Å². The van der Waals surface area contributed by atoms with Gasteiger partial charge in [-0.1, -0.05) is 72.8 Å². The predicted molar refractivity (Wildman–Crippen MR) is 193 cm³/mol. The van der Waals surface area contributed by atoms with Crippen molar-refractivity contribution in [1.82, 2.24) is 20.9 Å². The molecule has 11 nitrogen and oxygen atoms in total. The van der Waals surface area contributed by atoms with Crippen LogP contribution in [0.4, 0.5) is 10.1 Å². The Bertz CT molecular complexity index is 1960. The molecule has 3 unspecified atom stereocenters. The number of aliphatic hydroxyl groups is 1. The summed E-state index contributed by atoms with van der Waals surface area (Å²) in [6.07, 6.45) is -0.605. The van der Waals surface area contributed by atoms with Crippen LogP contribution in [0.25, 0.3) is 0 Å². The van der Waals surface area contributed by atoms with E-state index in [4.69, 9.17) is 0 Å². The van der Waals surface area contributed by atoms with Crippen LogP contribution in [0.3, 0.4) is 0 Å². The van der Waals surface area contributed by atoms with Crippen LogP contribution < -0.4 is 20.3 Å². The fourth-order valence-corrected chi connectivity index (χ4v) is 6.49. The van der Waals surface area contributed by atoms with Crippen molar-refractivity contribution in [2.24, 2.45) is 0 Å². The second-order valence-electron chi connectivity index (χ2n) is 12.8. The van der Waals surface area contributed by atoms with Gasteiger partial charge in [0.2, 0.25) is 15.9 Å². The first-order valence-electron chi connectivity index (χ1n) is 16.5. The molecule has 4 aromatic rings. The fourth-order valence-electron chi connectivity index (χ4n) is 6.00. The molecule has 3 amide bonds. The molecule has 1 heterocycles. The fraction of sp³-hybridized carbons (Fsp3) is 0.289. The lowest BCUT2D eigenvalue weighted by Crippen LogP contribution is -2.55. The molecule has 5 atom stereocenters. The average molecular weight is 716 g/mol. The van der Waals surface area contributed by atoms with E-state index in [9.17, 15) is 32.3 Å². The Morgan fingerprint density at radius 1 is 0.902 bits per heavy atom. The number of benzene rings is 4. The van der Waals surface area contributed by atoms with E-state index in [0.717, 1.165) is 21.7 Å². The maximum atomic E-state index is 14.0.